The summed E-state index contributed by atoms with van der Waals surface area (Å²) in [5.41, 5.74) is 2.06. The van der Waals surface area contributed by atoms with Crippen molar-refractivity contribution in [1.82, 2.24) is 0 Å². The molecule has 3 aromatic carbocycles. The van der Waals surface area contributed by atoms with E-state index in [4.69, 9.17) is 14.2 Å². The van der Waals surface area contributed by atoms with Crippen LogP contribution in [0.25, 0.3) is 0 Å². The Labute approximate surface area is 179 Å². The van der Waals surface area contributed by atoms with Gasteiger partial charge >= 0.3 is 0 Å². The fraction of sp³-hybridized carbons (Fsp3) is 0.308. The van der Waals surface area contributed by atoms with Gasteiger partial charge in [-0.05, 0) is 35.2 Å². The van der Waals surface area contributed by atoms with Crippen molar-refractivity contribution in [2.75, 3.05) is 26.9 Å². The highest BCUT2D eigenvalue weighted by molar-refractivity contribution is 5.48. The third-order valence-electron chi connectivity index (χ3n) is 5.01. The number of ether oxygens (including phenoxy) is 3. The Morgan fingerprint density at radius 2 is 1.30 bits per heavy atom. The Bertz CT molecular complexity index is 823. The third-order valence-corrected chi connectivity index (χ3v) is 5.01. The van der Waals surface area contributed by atoms with Gasteiger partial charge in [0, 0.05) is 6.61 Å². The number of hydrogen-bond acceptors (Lipinski definition) is 4. The van der Waals surface area contributed by atoms with Crippen LogP contribution >= 0.6 is 0 Å². The first-order chi connectivity index (χ1) is 14.7. The van der Waals surface area contributed by atoms with Gasteiger partial charge in [0.2, 0.25) is 0 Å². The van der Waals surface area contributed by atoms with Crippen LogP contribution in [0.2, 0.25) is 0 Å². The highest BCUT2D eigenvalue weighted by Crippen LogP contribution is 2.41. The van der Waals surface area contributed by atoms with Crippen molar-refractivity contribution in [3.05, 3.63) is 102 Å². The number of methoxy groups -OCH3 is 1. The Morgan fingerprint density at radius 3 is 1.80 bits per heavy atom. The molecule has 0 fully saturated rings. The molecule has 158 valence electrons. The van der Waals surface area contributed by atoms with E-state index in [0.29, 0.717) is 6.61 Å². The van der Waals surface area contributed by atoms with Crippen LogP contribution in [0.5, 0.6) is 5.75 Å². The molecule has 1 N–H and O–H groups in total. The molecule has 0 aromatic heterocycles. The van der Waals surface area contributed by atoms with Crippen molar-refractivity contribution in [1.29, 1.82) is 0 Å². The largest absolute Gasteiger partial charge is 0.497 e. The van der Waals surface area contributed by atoms with E-state index >= 15 is 0 Å². The van der Waals surface area contributed by atoms with E-state index in [1.165, 1.54) is 0 Å². The molecule has 0 bridgehead atoms. The third kappa shape index (κ3) is 5.08. The lowest BCUT2D eigenvalue weighted by molar-refractivity contribution is -0.0638. The lowest BCUT2D eigenvalue weighted by Gasteiger charge is -2.36. The summed E-state index contributed by atoms with van der Waals surface area (Å²) in [6.45, 7) is 3.05. The van der Waals surface area contributed by atoms with Crippen molar-refractivity contribution in [3.8, 4) is 5.75 Å². The zero-order valence-corrected chi connectivity index (χ0v) is 17.7. The molecule has 0 aliphatic carbocycles. The lowest BCUT2D eigenvalue weighted by atomic mass is 9.80. The second-order valence-electron chi connectivity index (χ2n) is 7.18. The van der Waals surface area contributed by atoms with Gasteiger partial charge in [0.1, 0.15) is 17.5 Å². The van der Waals surface area contributed by atoms with Crippen molar-refractivity contribution < 1.29 is 19.3 Å². The maximum absolute atomic E-state index is 10.5. The fourth-order valence-corrected chi connectivity index (χ4v) is 3.55. The fourth-order valence-electron chi connectivity index (χ4n) is 3.55. The van der Waals surface area contributed by atoms with Crippen molar-refractivity contribution in [3.63, 3.8) is 0 Å². The zero-order chi connectivity index (χ0) is 21.2. The molecule has 0 aliphatic heterocycles. The first-order valence-electron chi connectivity index (χ1n) is 10.4. The predicted molar refractivity (Wildman–Crippen MR) is 119 cm³/mol. The topological polar surface area (TPSA) is 47.9 Å². The van der Waals surface area contributed by atoms with Crippen molar-refractivity contribution in [2.24, 2.45) is 0 Å². The molecule has 0 spiro atoms. The molecule has 0 amide bonds. The molecule has 30 heavy (non-hydrogen) atoms. The van der Waals surface area contributed by atoms with E-state index in [2.05, 4.69) is 24.3 Å². The second kappa shape index (κ2) is 10.9. The minimum atomic E-state index is -0.874. The maximum Gasteiger partial charge on any atom is 0.143 e. The van der Waals surface area contributed by atoms with E-state index in [9.17, 15) is 5.11 Å². The SMILES string of the molecule is CCCOC[C@H](O)COC(c1ccccc1)(c1ccccc1)c1ccc(OC)cc1. The molecule has 0 saturated heterocycles. The summed E-state index contributed by atoms with van der Waals surface area (Å²) in [6, 6.07) is 28.1. The molecule has 4 heteroatoms. The maximum atomic E-state index is 10.5. The molecule has 0 radical (unpaired) electrons. The number of aliphatic hydroxyl groups excluding tert-OH is 1. The van der Waals surface area contributed by atoms with Gasteiger partial charge in [-0.2, -0.15) is 0 Å². The average Bonchev–Trinajstić information content (AvgIpc) is 2.81. The minimum absolute atomic E-state index is 0.138. The molecule has 3 rings (SSSR count). The van der Waals surface area contributed by atoms with E-state index < -0.39 is 11.7 Å². The monoisotopic (exact) mass is 406 g/mol. The molecule has 0 saturated carbocycles. The van der Waals surface area contributed by atoms with Gasteiger partial charge in [-0.25, -0.2) is 0 Å². The molecule has 0 heterocycles. The predicted octanol–water partition coefficient (Wildman–Crippen LogP) is 4.79. The Balaban J connectivity index is 2.05. The van der Waals surface area contributed by atoms with Crippen LogP contribution in [-0.4, -0.2) is 38.1 Å². The summed E-state index contributed by atoms with van der Waals surface area (Å²) in [6.07, 6.45) is 0.193. The van der Waals surface area contributed by atoms with Gasteiger partial charge in [-0.3, -0.25) is 0 Å². The summed E-state index contributed by atoms with van der Waals surface area (Å²) in [7, 11) is 1.65. The molecular weight excluding hydrogens is 376 g/mol. The number of aliphatic hydroxyl groups is 1. The van der Waals surface area contributed by atoms with E-state index in [0.717, 1.165) is 28.9 Å². The van der Waals surface area contributed by atoms with Crippen LogP contribution in [0.1, 0.15) is 30.0 Å². The Morgan fingerprint density at radius 1 is 0.767 bits per heavy atom. The van der Waals surface area contributed by atoms with Crippen molar-refractivity contribution in [2.45, 2.75) is 25.0 Å². The molecule has 3 aromatic rings. The summed E-state index contributed by atoms with van der Waals surface area (Å²) in [4.78, 5) is 0. The van der Waals surface area contributed by atoms with Crippen LogP contribution in [0, 0.1) is 0 Å². The van der Waals surface area contributed by atoms with Crippen LogP contribution in [-0.2, 0) is 15.1 Å². The smallest absolute Gasteiger partial charge is 0.143 e. The number of benzene rings is 3. The standard InChI is InChI=1S/C26H30O4/c1-3-18-29-19-24(27)20-30-26(21-10-6-4-7-11-21,22-12-8-5-9-13-22)23-14-16-25(28-2)17-15-23/h4-17,24,27H,3,18-20H2,1-2H3/t24-/m0/s1. The minimum Gasteiger partial charge on any atom is -0.497 e. The van der Waals surface area contributed by atoms with Gasteiger partial charge in [0.05, 0.1) is 20.3 Å². The van der Waals surface area contributed by atoms with Crippen LogP contribution in [0.3, 0.4) is 0 Å². The molecule has 0 aliphatic rings. The van der Waals surface area contributed by atoms with Crippen LogP contribution in [0.4, 0.5) is 0 Å². The first-order valence-corrected chi connectivity index (χ1v) is 10.4. The van der Waals surface area contributed by atoms with Crippen molar-refractivity contribution >= 4 is 0 Å². The van der Waals surface area contributed by atoms with Gasteiger partial charge < -0.3 is 19.3 Å². The Kier molecular flexibility index (Phi) is 8.03. The first kappa shape index (κ1) is 22.0. The van der Waals surface area contributed by atoms with Gasteiger partial charge in [-0.15, -0.1) is 0 Å². The quantitative estimate of drug-likeness (QED) is 0.367. The number of rotatable bonds is 11. The van der Waals surface area contributed by atoms with Crippen LogP contribution in [0.15, 0.2) is 84.9 Å². The average molecular weight is 407 g/mol. The van der Waals surface area contributed by atoms with E-state index in [-0.39, 0.29) is 13.2 Å². The van der Waals surface area contributed by atoms with E-state index in [1.807, 2.05) is 67.6 Å². The summed E-state index contributed by atoms with van der Waals surface area (Å²) < 4.78 is 17.4. The summed E-state index contributed by atoms with van der Waals surface area (Å²) in [5, 5.41) is 10.5. The highest BCUT2D eigenvalue weighted by atomic mass is 16.5. The second-order valence-corrected chi connectivity index (χ2v) is 7.18. The zero-order valence-electron chi connectivity index (χ0n) is 17.7. The van der Waals surface area contributed by atoms with Gasteiger partial charge in [0.25, 0.3) is 0 Å². The molecule has 0 unspecified atom stereocenters. The number of hydrogen-bond donors (Lipinski definition) is 1. The molecule has 1 atom stereocenters. The van der Waals surface area contributed by atoms with E-state index in [1.54, 1.807) is 7.11 Å². The van der Waals surface area contributed by atoms with Gasteiger partial charge in [-0.1, -0.05) is 79.7 Å². The normalized spacial score (nSPS) is 12.5. The van der Waals surface area contributed by atoms with Gasteiger partial charge in [0.15, 0.2) is 0 Å². The molecule has 4 nitrogen and oxygen atoms in total. The summed E-state index contributed by atoms with van der Waals surface area (Å²) >= 11 is 0. The summed E-state index contributed by atoms with van der Waals surface area (Å²) in [5.74, 6) is 0.779. The Hall–Kier alpha value is -2.66. The lowest BCUT2D eigenvalue weighted by Crippen LogP contribution is -2.36. The molecular formula is C26H30O4. The highest BCUT2D eigenvalue weighted by Gasteiger charge is 2.38. The van der Waals surface area contributed by atoms with Crippen LogP contribution < -0.4 is 4.74 Å².